The lowest BCUT2D eigenvalue weighted by Gasteiger charge is -2.32. The van der Waals surface area contributed by atoms with Crippen molar-refractivity contribution in [2.45, 2.75) is 12.5 Å². The predicted molar refractivity (Wildman–Crippen MR) is 69.2 cm³/mol. The maximum absolute atomic E-state index is 13.6. The highest BCUT2D eigenvalue weighted by atomic mass is 19.1. The molecule has 0 spiro atoms. The maximum Gasteiger partial charge on any atom is 0.327 e. The molecular formula is C13H19FN2O2. The van der Waals surface area contributed by atoms with E-state index >= 15 is 0 Å². The Balaban J connectivity index is 2.89. The van der Waals surface area contributed by atoms with Crippen LogP contribution in [0.15, 0.2) is 24.3 Å². The zero-order chi connectivity index (χ0) is 13.8. The number of rotatable bonds is 5. The maximum atomic E-state index is 13.6. The van der Waals surface area contributed by atoms with Crippen molar-refractivity contribution in [2.24, 2.45) is 0 Å². The molecule has 0 bridgehead atoms. The average Bonchev–Trinajstić information content (AvgIpc) is 2.37. The van der Waals surface area contributed by atoms with Gasteiger partial charge >= 0.3 is 5.97 Å². The average molecular weight is 254 g/mol. The normalized spacial score (nSPS) is 13.8. The van der Waals surface area contributed by atoms with Gasteiger partial charge in [0.15, 0.2) is 0 Å². The number of esters is 1. The summed E-state index contributed by atoms with van der Waals surface area (Å²) in [5.41, 5.74) is -0.436. The minimum atomic E-state index is -0.883. The van der Waals surface area contributed by atoms with Gasteiger partial charge in [-0.2, -0.15) is 0 Å². The Morgan fingerprint density at radius 2 is 2.11 bits per heavy atom. The zero-order valence-corrected chi connectivity index (χ0v) is 11.2. The molecule has 5 heteroatoms. The van der Waals surface area contributed by atoms with Crippen LogP contribution in [-0.4, -0.2) is 39.3 Å². The van der Waals surface area contributed by atoms with Crippen molar-refractivity contribution >= 4 is 11.7 Å². The molecule has 0 heterocycles. The number of nitrogens with zero attached hydrogens (tertiary/aromatic N) is 1. The van der Waals surface area contributed by atoms with E-state index in [0.717, 1.165) is 0 Å². The number of halogens is 1. The molecule has 1 rings (SSSR count). The molecular weight excluding hydrogens is 235 g/mol. The Bertz CT molecular complexity index is 425. The Kier molecular flexibility index (Phi) is 4.67. The topological polar surface area (TPSA) is 41.6 Å². The summed E-state index contributed by atoms with van der Waals surface area (Å²) in [6, 6.07) is 6.44. The largest absolute Gasteiger partial charge is 0.468 e. The number of likely N-dealkylation sites (N-methyl/N-ethyl adjacent to an activating group) is 2. The molecule has 0 saturated heterocycles. The van der Waals surface area contributed by atoms with Crippen molar-refractivity contribution in [1.29, 1.82) is 0 Å². The summed E-state index contributed by atoms with van der Waals surface area (Å²) in [7, 11) is 4.74. The molecule has 0 amide bonds. The molecule has 0 aromatic heterocycles. The molecule has 1 N–H and O–H groups in total. The van der Waals surface area contributed by atoms with Gasteiger partial charge in [0, 0.05) is 13.6 Å². The number of anilines is 1. The first-order valence-electron chi connectivity index (χ1n) is 5.67. The fraction of sp³-hybridized carbons (Fsp3) is 0.462. The number of carbonyl (C=O) groups is 1. The summed E-state index contributed by atoms with van der Waals surface area (Å²) in [6.07, 6.45) is 0. The van der Waals surface area contributed by atoms with Gasteiger partial charge in [0.2, 0.25) is 0 Å². The quantitative estimate of drug-likeness (QED) is 0.807. The second-order valence-electron chi connectivity index (χ2n) is 4.38. The van der Waals surface area contributed by atoms with Crippen LogP contribution in [0.25, 0.3) is 0 Å². The first-order chi connectivity index (χ1) is 8.44. The standard InChI is InChI=1S/C13H19FN2O2/c1-13(15-2,12(17)18-4)9-16(3)11-8-6-5-7-10(11)14/h5-8,15H,9H2,1-4H3. The van der Waals surface area contributed by atoms with Gasteiger partial charge in [-0.05, 0) is 26.1 Å². The van der Waals surface area contributed by atoms with Gasteiger partial charge in [-0.3, -0.25) is 0 Å². The summed E-state index contributed by atoms with van der Waals surface area (Å²) in [6.45, 7) is 2.02. The van der Waals surface area contributed by atoms with E-state index in [0.29, 0.717) is 12.2 Å². The van der Waals surface area contributed by atoms with Crippen molar-refractivity contribution < 1.29 is 13.9 Å². The summed E-state index contributed by atoms with van der Waals surface area (Å²) in [4.78, 5) is 13.4. The Labute approximate surface area is 107 Å². The number of hydrogen-bond donors (Lipinski definition) is 1. The molecule has 1 aromatic carbocycles. The number of carbonyl (C=O) groups excluding carboxylic acids is 1. The lowest BCUT2D eigenvalue weighted by Crippen LogP contribution is -2.55. The molecule has 18 heavy (non-hydrogen) atoms. The van der Waals surface area contributed by atoms with Gasteiger partial charge in [-0.15, -0.1) is 0 Å². The number of benzene rings is 1. The third-order valence-corrected chi connectivity index (χ3v) is 3.00. The van der Waals surface area contributed by atoms with E-state index in [9.17, 15) is 9.18 Å². The molecule has 4 nitrogen and oxygen atoms in total. The van der Waals surface area contributed by atoms with Crippen LogP contribution in [-0.2, 0) is 9.53 Å². The Hall–Kier alpha value is -1.62. The van der Waals surface area contributed by atoms with E-state index in [1.54, 1.807) is 44.1 Å². The fourth-order valence-electron chi connectivity index (χ4n) is 1.79. The van der Waals surface area contributed by atoms with Crippen molar-refractivity contribution in [3.63, 3.8) is 0 Å². The van der Waals surface area contributed by atoms with Crippen LogP contribution in [0.3, 0.4) is 0 Å². The number of para-hydroxylation sites is 1. The van der Waals surface area contributed by atoms with Crippen LogP contribution in [0.2, 0.25) is 0 Å². The molecule has 1 unspecified atom stereocenters. The molecule has 0 aliphatic carbocycles. The SMILES string of the molecule is CNC(C)(CN(C)c1ccccc1F)C(=O)OC. The first kappa shape index (κ1) is 14.4. The minimum absolute atomic E-state index is 0.303. The van der Waals surface area contributed by atoms with Gasteiger partial charge in [-0.25, -0.2) is 9.18 Å². The molecule has 1 atom stereocenters. The minimum Gasteiger partial charge on any atom is -0.468 e. The molecule has 0 aliphatic heterocycles. The Morgan fingerprint density at radius 3 is 2.61 bits per heavy atom. The number of methoxy groups -OCH3 is 1. The van der Waals surface area contributed by atoms with E-state index in [2.05, 4.69) is 5.32 Å². The summed E-state index contributed by atoms with van der Waals surface area (Å²) in [5.74, 6) is -0.698. The van der Waals surface area contributed by atoms with Crippen LogP contribution < -0.4 is 10.2 Å². The summed E-state index contributed by atoms with van der Waals surface area (Å²) >= 11 is 0. The van der Waals surface area contributed by atoms with Crippen molar-refractivity contribution in [3.8, 4) is 0 Å². The van der Waals surface area contributed by atoms with Crippen molar-refractivity contribution in [3.05, 3.63) is 30.1 Å². The van der Waals surface area contributed by atoms with Crippen LogP contribution in [0.5, 0.6) is 0 Å². The fourth-order valence-corrected chi connectivity index (χ4v) is 1.79. The van der Waals surface area contributed by atoms with Crippen LogP contribution in [0.4, 0.5) is 10.1 Å². The number of ether oxygens (including phenoxy) is 1. The van der Waals surface area contributed by atoms with Gasteiger partial charge < -0.3 is 15.0 Å². The Morgan fingerprint density at radius 1 is 1.50 bits per heavy atom. The van der Waals surface area contributed by atoms with Gasteiger partial charge in [0.05, 0.1) is 12.8 Å². The number of hydrogen-bond acceptors (Lipinski definition) is 4. The predicted octanol–water partition coefficient (Wildman–Crippen LogP) is 1.41. The van der Waals surface area contributed by atoms with E-state index in [1.165, 1.54) is 13.2 Å². The van der Waals surface area contributed by atoms with Crippen LogP contribution >= 0.6 is 0 Å². The lowest BCUT2D eigenvalue weighted by atomic mass is 10.0. The zero-order valence-electron chi connectivity index (χ0n) is 11.2. The van der Waals surface area contributed by atoms with E-state index in [1.807, 2.05) is 0 Å². The highest BCUT2D eigenvalue weighted by Gasteiger charge is 2.34. The second kappa shape index (κ2) is 5.82. The molecule has 0 fully saturated rings. The van der Waals surface area contributed by atoms with Crippen molar-refractivity contribution in [2.75, 3.05) is 32.6 Å². The molecule has 100 valence electrons. The van der Waals surface area contributed by atoms with E-state index in [-0.39, 0.29) is 11.8 Å². The first-order valence-corrected chi connectivity index (χ1v) is 5.67. The smallest absolute Gasteiger partial charge is 0.327 e. The molecule has 0 aliphatic rings. The van der Waals surface area contributed by atoms with E-state index in [4.69, 9.17) is 4.74 Å². The summed E-state index contributed by atoms with van der Waals surface area (Å²) in [5, 5.41) is 2.91. The van der Waals surface area contributed by atoms with Crippen LogP contribution in [0, 0.1) is 5.82 Å². The molecule has 1 aromatic rings. The second-order valence-corrected chi connectivity index (χ2v) is 4.38. The third kappa shape index (κ3) is 2.98. The number of nitrogens with one attached hydrogen (secondary N) is 1. The lowest BCUT2D eigenvalue weighted by molar-refractivity contribution is -0.147. The van der Waals surface area contributed by atoms with Crippen molar-refractivity contribution in [1.82, 2.24) is 5.32 Å². The molecule has 0 saturated carbocycles. The van der Waals surface area contributed by atoms with E-state index < -0.39 is 5.54 Å². The van der Waals surface area contributed by atoms with Gasteiger partial charge in [-0.1, -0.05) is 12.1 Å². The molecule has 0 radical (unpaired) electrons. The third-order valence-electron chi connectivity index (χ3n) is 3.00. The van der Waals surface area contributed by atoms with Crippen LogP contribution in [0.1, 0.15) is 6.92 Å². The van der Waals surface area contributed by atoms with Gasteiger partial charge in [0.1, 0.15) is 11.4 Å². The van der Waals surface area contributed by atoms with Gasteiger partial charge in [0.25, 0.3) is 0 Å². The highest BCUT2D eigenvalue weighted by molar-refractivity contribution is 5.81. The highest BCUT2D eigenvalue weighted by Crippen LogP contribution is 2.19. The summed E-state index contributed by atoms with van der Waals surface area (Å²) < 4.78 is 18.4. The monoisotopic (exact) mass is 254 g/mol.